The second kappa shape index (κ2) is 7.73. The molecular weight excluding hydrogens is 358 g/mol. The molecule has 8 nitrogen and oxygen atoms in total. The summed E-state index contributed by atoms with van der Waals surface area (Å²) in [7, 11) is 1.99. The zero-order valence-electron chi connectivity index (χ0n) is 16.8. The topological polar surface area (TPSA) is 90.7 Å². The summed E-state index contributed by atoms with van der Waals surface area (Å²) in [5.41, 5.74) is 1.27. The van der Waals surface area contributed by atoms with Gasteiger partial charge in [-0.1, -0.05) is 6.92 Å². The third kappa shape index (κ3) is 3.62. The van der Waals surface area contributed by atoms with E-state index in [1.165, 1.54) is 5.69 Å². The van der Waals surface area contributed by atoms with Crippen molar-refractivity contribution < 1.29 is 14.7 Å². The minimum Gasteiger partial charge on any atom is -0.480 e. The number of carbonyl (C=O) groups is 2. The normalized spacial score (nSPS) is 31.7. The first-order valence-electron chi connectivity index (χ1n) is 10.5. The summed E-state index contributed by atoms with van der Waals surface area (Å²) >= 11 is 0. The number of nitrogens with one attached hydrogen (secondary N) is 1. The summed E-state index contributed by atoms with van der Waals surface area (Å²) in [6.07, 6.45) is 7.73. The zero-order chi connectivity index (χ0) is 19.8. The smallest absolute Gasteiger partial charge is 0.318 e. The van der Waals surface area contributed by atoms with Gasteiger partial charge in [-0.3, -0.25) is 14.4 Å². The van der Waals surface area contributed by atoms with E-state index in [9.17, 15) is 9.59 Å². The van der Waals surface area contributed by atoms with Crippen molar-refractivity contribution in [2.24, 2.45) is 7.05 Å². The number of aryl methyl sites for hydroxylation is 1. The fourth-order valence-electron chi connectivity index (χ4n) is 5.46. The number of aromatic nitrogens is 2. The van der Waals surface area contributed by atoms with E-state index in [0.29, 0.717) is 18.0 Å². The Hall–Kier alpha value is -2.09. The number of carbonyl (C=O) groups excluding carboxylic acids is 1. The van der Waals surface area contributed by atoms with Crippen molar-refractivity contribution in [2.45, 2.75) is 75.5 Å². The van der Waals surface area contributed by atoms with Crippen molar-refractivity contribution in [2.75, 3.05) is 13.1 Å². The molecule has 2 N–H and O–H groups in total. The van der Waals surface area contributed by atoms with Crippen LogP contribution in [0.25, 0.3) is 0 Å². The van der Waals surface area contributed by atoms with Gasteiger partial charge in [-0.05, 0) is 51.1 Å². The summed E-state index contributed by atoms with van der Waals surface area (Å²) in [5, 5.41) is 16.5. The molecule has 1 saturated carbocycles. The van der Waals surface area contributed by atoms with Gasteiger partial charge in [-0.2, -0.15) is 5.10 Å². The molecule has 2 unspecified atom stereocenters. The second-order valence-electron chi connectivity index (χ2n) is 8.57. The van der Waals surface area contributed by atoms with Crippen molar-refractivity contribution in [3.8, 4) is 0 Å². The van der Waals surface area contributed by atoms with Crippen LogP contribution >= 0.6 is 0 Å². The van der Waals surface area contributed by atoms with Gasteiger partial charge in [0.2, 0.25) is 0 Å². The standard InChI is InChI=1S/C20H31N5O3/c1-3-24(12-19(26)27)17-10-14(11-17)22-20(28)25-15-4-5-16(25)9-13(8-15)18-6-7-21-23(18)2/h6-7,13-17H,3-5,8-12H2,1-2H3,(H,22,28)(H,26,27). The molecule has 1 aliphatic carbocycles. The van der Waals surface area contributed by atoms with Gasteiger partial charge >= 0.3 is 12.0 Å². The highest BCUT2D eigenvalue weighted by Gasteiger charge is 2.45. The molecule has 2 atom stereocenters. The first kappa shape index (κ1) is 19.2. The minimum absolute atomic E-state index is 0.0701. The minimum atomic E-state index is -0.790. The van der Waals surface area contributed by atoms with Gasteiger partial charge in [0.15, 0.2) is 0 Å². The Kier molecular flexibility index (Phi) is 5.31. The van der Waals surface area contributed by atoms with Crippen LogP contribution in [0.15, 0.2) is 12.3 Å². The van der Waals surface area contributed by atoms with Gasteiger partial charge < -0.3 is 15.3 Å². The van der Waals surface area contributed by atoms with E-state index in [2.05, 4.69) is 21.4 Å². The van der Waals surface area contributed by atoms with Gasteiger partial charge in [-0.25, -0.2) is 4.79 Å². The fraction of sp³-hybridized carbons (Fsp3) is 0.750. The van der Waals surface area contributed by atoms with E-state index in [1.807, 2.05) is 29.7 Å². The number of carboxylic acid groups (broad SMARTS) is 1. The third-order valence-corrected chi connectivity index (χ3v) is 6.95. The molecule has 0 spiro atoms. The molecule has 2 saturated heterocycles. The van der Waals surface area contributed by atoms with Crippen LogP contribution in [0, 0.1) is 0 Å². The van der Waals surface area contributed by atoms with Crippen LogP contribution in [0.3, 0.4) is 0 Å². The van der Waals surface area contributed by atoms with Gasteiger partial charge in [0, 0.05) is 49.0 Å². The number of piperidine rings is 1. The largest absolute Gasteiger partial charge is 0.480 e. The molecule has 1 aromatic heterocycles. The van der Waals surface area contributed by atoms with Crippen LogP contribution < -0.4 is 5.32 Å². The van der Waals surface area contributed by atoms with Gasteiger partial charge in [0.25, 0.3) is 0 Å². The molecule has 2 aliphatic heterocycles. The monoisotopic (exact) mass is 389 g/mol. The summed E-state index contributed by atoms with van der Waals surface area (Å²) < 4.78 is 1.96. The number of urea groups is 1. The van der Waals surface area contributed by atoms with Gasteiger partial charge in [-0.15, -0.1) is 0 Å². The lowest BCUT2D eigenvalue weighted by Crippen LogP contribution is -2.59. The molecule has 1 aromatic rings. The highest BCUT2D eigenvalue weighted by Crippen LogP contribution is 2.43. The molecule has 28 heavy (non-hydrogen) atoms. The predicted octanol–water partition coefficient (Wildman–Crippen LogP) is 1.78. The summed E-state index contributed by atoms with van der Waals surface area (Å²) in [5.74, 6) is -0.307. The number of amides is 2. The average molecular weight is 390 g/mol. The highest BCUT2D eigenvalue weighted by atomic mass is 16.4. The number of hydrogen-bond donors (Lipinski definition) is 2. The Morgan fingerprint density at radius 1 is 1.25 bits per heavy atom. The molecule has 3 heterocycles. The lowest BCUT2D eigenvalue weighted by Gasteiger charge is -2.44. The molecule has 0 aromatic carbocycles. The van der Waals surface area contributed by atoms with Crippen LogP contribution in [-0.2, 0) is 11.8 Å². The fourth-order valence-corrected chi connectivity index (χ4v) is 5.46. The van der Waals surface area contributed by atoms with E-state index in [4.69, 9.17) is 5.11 Å². The maximum Gasteiger partial charge on any atom is 0.318 e. The summed E-state index contributed by atoms with van der Waals surface area (Å²) in [4.78, 5) is 28.0. The number of likely N-dealkylation sites (N-methyl/N-ethyl adjacent to an activating group) is 1. The van der Waals surface area contributed by atoms with Crippen LogP contribution in [0.1, 0.15) is 57.1 Å². The van der Waals surface area contributed by atoms with Crippen LogP contribution in [0.5, 0.6) is 0 Å². The van der Waals surface area contributed by atoms with E-state index >= 15 is 0 Å². The van der Waals surface area contributed by atoms with E-state index < -0.39 is 5.97 Å². The maximum atomic E-state index is 12.9. The van der Waals surface area contributed by atoms with Crippen molar-refractivity contribution in [3.63, 3.8) is 0 Å². The molecule has 154 valence electrons. The van der Waals surface area contributed by atoms with E-state index in [1.54, 1.807) is 0 Å². The van der Waals surface area contributed by atoms with E-state index in [-0.39, 0.29) is 24.7 Å². The molecule has 2 bridgehead atoms. The Bertz CT molecular complexity index is 715. The average Bonchev–Trinajstić information content (AvgIpc) is 3.16. The first-order chi connectivity index (χ1) is 13.5. The number of aliphatic carboxylic acids is 1. The SMILES string of the molecule is CCN(CC(=O)O)C1CC(NC(=O)N2C3CCC2CC(c2ccnn2C)C3)C1. The molecule has 3 aliphatic rings. The maximum absolute atomic E-state index is 12.9. The third-order valence-electron chi connectivity index (χ3n) is 6.95. The first-order valence-corrected chi connectivity index (χ1v) is 10.5. The summed E-state index contributed by atoms with van der Waals surface area (Å²) in [6.45, 7) is 2.79. The number of nitrogens with zero attached hydrogens (tertiary/aromatic N) is 4. The lowest BCUT2D eigenvalue weighted by molar-refractivity contribution is -0.139. The van der Waals surface area contributed by atoms with Gasteiger partial charge in [0.1, 0.15) is 0 Å². The van der Waals surface area contributed by atoms with Crippen molar-refractivity contribution in [3.05, 3.63) is 18.0 Å². The number of carboxylic acids is 1. The Morgan fingerprint density at radius 2 is 1.93 bits per heavy atom. The zero-order valence-corrected chi connectivity index (χ0v) is 16.8. The van der Waals surface area contributed by atoms with Crippen molar-refractivity contribution >= 4 is 12.0 Å². The van der Waals surface area contributed by atoms with Gasteiger partial charge in [0.05, 0.1) is 6.54 Å². The highest BCUT2D eigenvalue weighted by molar-refractivity contribution is 5.76. The quantitative estimate of drug-likeness (QED) is 0.774. The Morgan fingerprint density at radius 3 is 2.46 bits per heavy atom. The molecular formula is C20H31N5O3. The Balaban J connectivity index is 1.30. The molecule has 8 heteroatoms. The van der Waals surface area contributed by atoms with Crippen molar-refractivity contribution in [1.29, 1.82) is 0 Å². The van der Waals surface area contributed by atoms with E-state index in [0.717, 1.165) is 45.1 Å². The summed E-state index contributed by atoms with van der Waals surface area (Å²) in [6, 6.07) is 3.22. The molecule has 2 amide bonds. The number of hydrogen-bond acceptors (Lipinski definition) is 4. The van der Waals surface area contributed by atoms with Crippen LogP contribution in [0.4, 0.5) is 4.79 Å². The predicted molar refractivity (Wildman–Crippen MR) is 104 cm³/mol. The second-order valence-corrected chi connectivity index (χ2v) is 8.57. The molecule has 3 fully saturated rings. The Labute approximate surface area is 165 Å². The number of fused-ring (bicyclic) bond motifs is 2. The van der Waals surface area contributed by atoms with Crippen LogP contribution in [0.2, 0.25) is 0 Å². The lowest BCUT2D eigenvalue weighted by atomic mass is 9.85. The van der Waals surface area contributed by atoms with Crippen molar-refractivity contribution in [1.82, 2.24) is 24.9 Å². The van der Waals surface area contributed by atoms with Crippen LogP contribution in [-0.4, -0.2) is 73.9 Å². The molecule has 4 rings (SSSR count). The number of rotatable bonds is 6. The molecule has 0 radical (unpaired) electrons.